The summed E-state index contributed by atoms with van der Waals surface area (Å²) in [4.78, 5) is 16.0. The lowest BCUT2D eigenvalue weighted by molar-refractivity contribution is -0.120. The van der Waals surface area contributed by atoms with Gasteiger partial charge in [-0.2, -0.15) is 0 Å². The second-order valence-electron chi connectivity index (χ2n) is 5.56. The van der Waals surface area contributed by atoms with Crippen LogP contribution in [0.3, 0.4) is 0 Å². The Hall–Kier alpha value is -0.650. The molecule has 1 saturated carbocycles. The maximum Gasteiger partial charge on any atom is 0.235 e. The summed E-state index contributed by atoms with van der Waals surface area (Å²) >= 11 is 0. The van der Waals surface area contributed by atoms with E-state index in [1.807, 2.05) is 0 Å². The number of nitrogens with zero attached hydrogens (tertiary/aromatic N) is 2. The zero-order chi connectivity index (χ0) is 12.4. The summed E-state index contributed by atoms with van der Waals surface area (Å²) in [5, 5.41) is 3.33. The van der Waals surface area contributed by atoms with E-state index in [4.69, 9.17) is 5.73 Å². The minimum atomic E-state index is -0.217. The standard InChI is InChI=1S/C12H24N4O/c1-15(2)10-5-6-16(7-10)8-11(12(13)17)14-9-3-4-9/h9-11,14H,3-8H2,1-2H3,(H2,13,17). The van der Waals surface area contributed by atoms with Gasteiger partial charge in [-0.1, -0.05) is 0 Å². The normalized spacial score (nSPS) is 27.6. The second kappa shape index (κ2) is 5.33. The van der Waals surface area contributed by atoms with Gasteiger partial charge in [0.15, 0.2) is 0 Å². The molecular formula is C12H24N4O. The molecule has 0 aromatic carbocycles. The fourth-order valence-corrected chi connectivity index (χ4v) is 2.42. The first kappa shape index (κ1) is 12.8. The van der Waals surface area contributed by atoms with Gasteiger partial charge in [0.25, 0.3) is 0 Å². The van der Waals surface area contributed by atoms with Gasteiger partial charge < -0.3 is 16.0 Å². The minimum absolute atomic E-state index is 0.177. The molecule has 2 aliphatic rings. The van der Waals surface area contributed by atoms with Crippen LogP contribution >= 0.6 is 0 Å². The second-order valence-corrected chi connectivity index (χ2v) is 5.56. The van der Waals surface area contributed by atoms with Gasteiger partial charge in [-0.3, -0.25) is 9.69 Å². The van der Waals surface area contributed by atoms with E-state index in [0.717, 1.165) is 19.6 Å². The predicted molar refractivity (Wildman–Crippen MR) is 67.7 cm³/mol. The summed E-state index contributed by atoms with van der Waals surface area (Å²) in [7, 11) is 4.23. The van der Waals surface area contributed by atoms with Crippen molar-refractivity contribution in [2.45, 2.75) is 37.4 Å². The number of likely N-dealkylation sites (N-methyl/N-ethyl adjacent to an activating group) is 1. The molecule has 2 rings (SSSR count). The zero-order valence-electron chi connectivity index (χ0n) is 10.9. The lowest BCUT2D eigenvalue weighted by Crippen LogP contribution is -2.49. The molecule has 2 atom stereocenters. The number of primary amides is 1. The van der Waals surface area contributed by atoms with Crippen molar-refractivity contribution in [1.82, 2.24) is 15.1 Å². The molecule has 17 heavy (non-hydrogen) atoms. The lowest BCUT2D eigenvalue weighted by Gasteiger charge is -2.24. The Morgan fingerprint density at radius 1 is 1.47 bits per heavy atom. The van der Waals surface area contributed by atoms with E-state index < -0.39 is 0 Å². The van der Waals surface area contributed by atoms with Crippen molar-refractivity contribution < 1.29 is 4.79 Å². The van der Waals surface area contributed by atoms with Crippen LogP contribution in [-0.2, 0) is 4.79 Å². The number of carbonyl (C=O) groups is 1. The maximum absolute atomic E-state index is 11.4. The number of hydrogen-bond acceptors (Lipinski definition) is 4. The van der Waals surface area contributed by atoms with E-state index in [0.29, 0.717) is 12.1 Å². The largest absolute Gasteiger partial charge is 0.368 e. The third-order valence-electron chi connectivity index (χ3n) is 3.78. The molecule has 0 bridgehead atoms. The molecule has 0 aromatic heterocycles. The molecule has 3 N–H and O–H groups in total. The summed E-state index contributed by atoms with van der Waals surface area (Å²) in [6.45, 7) is 2.87. The lowest BCUT2D eigenvalue weighted by atomic mass is 10.2. The molecule has 0 radical (unpaired) electrons. The number of amides is 1. The van der Waals surface area contributed by atoms with Crippen molar-refractivity contribution >= 4 is 5.91 Å². The van der Waals surface area contributed by atoms with Crippen molar-refractivity contribution in [3.05, 3.63) is 0 Å². The Kier molecular flexibility index (Phi) is 4.01. The van der Waals surface area contributed by atoms with Gasteiger partial charge in [-0.05, 0) is 39.9 Å². The molecule has 1 aliphatic carbocycles. The number of nitrogens with one attached hydrogen (secondary N) is 1. The Morgan fingerprint density at radius 2 is 2.18 bits per heavy atom. The monoisotopic (exact) mass is 240 g/mol. The number of hydrogen-bond donors (Lipinski definition) is 2. The zero-order valence-corrected chi connectivity index (χ0v) is 10.9. The highest BCUT2D eigenvalue weighted by atomic mass is 16.1. The topological polar surface area (TPSA) is 61.6 Å². The highest BCUT2D eigenvalue weighted by Gasteiger charge is 2.31. The van der Waals surface area contributed by atoms with Crippen LogP contribution in [0.4, 0.5) is 0 Å². The Bertz CT molecular complexity index is 278. The number of likely N-dealkylation sites (tertiary alicyclic amines) is 1. The molecule has 1 amide bonds. The molecule has 5 heteroatoms. The predicted octanol–water partition coefficient (Wildman–Crippen LogP) is -0.772. The average molecular weight is 240 g/mol. The Morgan fingerprint density at radius 3 is 2.65 bits per heavy atom. The number of carbonyl (C=O) groups excluding carboxylic acids is 1. The van der Waals surface area contributed by atoms with Crippen LogP contribution in [0.2, 0.25) is 0 Å². The first-order chi connectivity index (χ1) is 8.06. The van der Waals surface area contributed by atoms with Gasteiger partial charge >= 0.3 is 0 Å². The van der Waals surface area contributed by atoms with E-state index >= 15 is 0 Å². The molecule has 1 heterocycles. The summed E-state index contributed by atoms with van der Waals surface area (Å²) < 4.78 is 0. The van der Waals surface area contributed by atoms with Crippen LogP contribution in [0.25, 0.3) is 0 Å². The van der Waals surface area contributed by atoms with E-state index in [1.165, 1.54) is 19.3 Å². The van der Waals surface area contributed by atoms with Crippen LogP contribution in [0.5, 0.6) is 0 Å². The fraction of sp³-hybridized carbons (Fsp3) is 0.917. The molecule has 2 unspecified atom stereocenters. The highest BCUT2D eigenvalue weighted by molar-refractivity contribution is 5.80. The van der Waals surface area contributed by atoms with Crippen molar-refractivity contribution in [2.75, 3.05) is 33.7 Å². The van der Waals surface area contributed by atoms with Gasteiger partial charge in [0.2, 0.25) is 5.91 Å². The SMILES string of the molecule is CN(C)C1CCN(CC(NC2CC2)C(N)=O)C1. The average Bonchev–Trinajstić information content (AvgIpc) is 2.93. The van der Waals surface area contributed by atoms with E-state index in [2.05, 4.69) is 29.2 Å². The summed E-state index contributed by atoms with van der Waals surface area (Å²) in [5.41, 5.74) is 5.45. The third kappa shape index (κ3) is 3.66. The van der Waals surface area contributed by atoms with E-state index in [1.54, 1.807) is 0 Å². The van der Waals surface area contributed by atoms with E-state index in [-0.39, 0.29) is 11.9 Å². The van der Waals surface area contributed by atoms with Crippen LogP contribution < -0.4 is 11.1 Å². The number of nitrogens with two attached hydrogens (primary N) is 1. The van der Waals surface area contributed by atoms with Crippen molar-refractivity contribution in [2.24, 2.45) is 5.73 Å². The van der Waals surface area contributed by atoms with Crippen LogP contribution in [0, 0.1) is 0 Å². The minimum Gasteiger partial charge on any atom is -0.368 e. The van der Waals surface area contributed by atoms with Gasteiger partial charge in [-0.25, -0.2) is 0 Å². The molecule has 1 aliphatic heterocycles. The van der Waals surface area contributed by atoms with Gasteiger partial charge in [0.05, 0.1) is 6.04 Å². The first-order valence-corrected chi connectivity index (χ1v) is 6.50. The third-order valence-corrected chi connectivity index (χ3v) is 3.78. The van der Waals surface area contributed by atoms with Crippen molar-refractivity contribution in [3.63, 3.8) is 0 Å². The van der Waals surface area contributed by atoms with Gasteiger partial charge in [-0.15, -0.1) is 0 Å². The van der Waals surface area contributed by atoms with E-state index in [9.17, 15) is 4.79 Å². The van der Waals surface area contributed by atoms with Crippen LogP contribution in [0.15, 0.2) is 0 Å². The maximum atomic E-state index is 11.4. The summed E-state index contributed by atoms with van der Waals surface area (Å²) in [6, 6.07) is 0.965. The molecule has 2 fully saturated rings. The quantitative estimate of drug-likeness (QED) is 0.640. The Balaban J connectivity index is 1.79. The van der Waals surface area contributed by atoms with Gasteiger partial charge in [0, 0.05) is 25.2 Å². The van der Waals surface area contributed by atoms with Crippen LogP contribution in [-0.4, -0.2) is 67.6 Å². The Labute approximate surface area is 103 Å². The summed E-state index contributed by atoms with van der Waals surface area (Å²) in [6.07, 6.45) is 3.55. The highest BCUT2D eigenvalue weighted by Crippen LogP contribution is 2.20. The molecule has 5 nitrogen and oxygen atoms in total. The fourth-order valence-electron chi connectivity index (χ4n) is 2.42. The van der Waals surface area contributed by atoms with Gasteiger partial charge in [0.1, 0.15) is 0 Å². The summed E-state index contributed by atoms with van der Waals surface area (Å²) in [5.74, 6) is -0.217. The van der Waals surface area contributed by atoms with Crippen molar-refractivity contribution in [3.8, 4) is 0 Å². The molecular weight excluding hydrogens is 216 g/mol. The first-order valence-electron chi connectivity index (χ1n) is 6.50. The van der Waals surface area contributed by atoms with Crippen molar-refractivity contribution in [1.29, 1.82) is 0 Å². The molecule has 0 spiro atoms. The van der Waals surface area contributed by atoms with Crippen LogP contribution in [0.1, 0.15) is 19.3 Å². The number of rotatable bonds is 6. The molecule has 98 valence electrons. The molecule has 1 saturated heterocycles. The molecule has 0 aromatic rings. The smallest absolute Gasteiger partial charge is 0.235 e.